The SMILES string of the molecule is c1ccc(Nc2cccc(C3CCN(Cc4ccc5ncccc5c4)CC3)n2)nc1. The summed E-state index contributed by atoms with van der Waals surface area (Å²) in [5, 5.41) is 4.52. The highest BCUT2D eigenvalue weighted by molar-refractivity contribution is 5.78. The summed E-state index contributed by atoms with van der Waals surface area (Å²) >= 11 is 0. The smallest absolute Gasteiger partial charge is 0.131 e. The van der Waals surface area contributed by atoms with E-state index in [1.54, 1.807) is 6.20 Å². The minimum Gasteiger partial charge on any atom is -0.325 e. The zero-order chi connectivity index (χ0) is 20.2. The fourth-order valence-electron chi connectivity index (χ4n) is 4.18. The third-order valence-electron chi connectivity index (χ3n) is 5.77. The molecule has 0 amide bonds. The Bertz CT molecular complexity index is 1120. The van der Waals surface area contributed by atoms with Crippen molar-refractivity contribution in [1.29, 1.82) is 0 Å². The van der Waals surface area contributed by atoms with Crippen LogP contribution in [0.2, 0.25) is 0 Å². The second-order valence-electron chi connectivity index (χ2n) is 7.87. The minimum absolute atomic E-state index is 0.507. The van der Waals surface area contributed by atoms with Crippen LogP contribution in [0.3, 0.4) is 0 Å². The maximum atomic E-state index is 4.86. The quantitative estimate of drug-likeness (QED) is 0.507. The molecule has 0 aliphatic carbocycles. The first-order chi connectivity index (χ1) is 14.8. The van der Waals surface area contributed by atoms with Crippen LogP contribution in [0.1, 0.15) is 30.0 Å². The molecule has 5 heteroatoms. The Kier molecular flexibility index (Phi) is 5.36. The molecule has 30 heavy (non-hydrogen) atoms. The molecular formula is C25H25N5. The fraction of sp³-hybridized carbons (Fsp3) is 0.240. The zero-order valence-electron chi connectivity index (χ0n) is 16.9. The number of benzene rings is 1. The summed E-state index contributed by atoms with van der Waals surface area (Å²) in [6.45, 7) is 3.18. The Hall–Kier alpha value is -3.31. The average molecular weight is 396 g/mol. The maximum absolute atomic E-state index is 4.86. The number of anilines is 2. The Labute approximate surface area is 176 Å². The fourth-order valence-corrected chi connectivity index (χ4v) is 4.18. The van der Waals surface area contributed by atoms with Gasteiger partial charge in [0.05, 0.1) is 5.52 Å². The molecule has 1 saturated heterocycles. The molecular weight excluding hydrogens is 370 g/mol. The van der Waals surface area contributed by atoms with E-state index < -0.39 is 0 Å². The number of piperidine rings is 1. The number of hydrogen-bond acceptors (Lipinski definition) is 5. The second kappa shape index (κ2) is 8.59. The highest BCUT2D eigenvalue weighted by Gasteiger charge is 2.22. The third-order valence-corrected chi connectivity index (χ3v) is 5.77. The van der Waals surface area contributed by atoms with Crippen molar-refractivity contribution in [2.45, 2.75) is 25.3 Å². The molecule has 1 aromatic carbocycles. The minimum atomic E-state index is 0.507. The van der Waals surface area contributed by atoms with Crippen molar-refractivity contribution in [2.24, 2.45) is 0 Å². The molecule has 150 valence electrons. The molecule has 0 spiro atoms. The summed E-state index contributed by atoms with van der Waals surface area (Å²) < 4.78 is 0. The number of rotatable bonds is 5. The number of fused-ring (bicyclic) bond motifs is 1. The first-order valence-corrected chi connectivity index (χ1v) is 10.5. The van der Waals surface area contributed by atoms with Gasteiger partial charge < -0.3 is 5.32 Å². The van der Waals surface area contributed by atoms with Crippen LogP contribution >= 0.6 is 0 Å². The number of aromatic nitrogens is 3. The van der Waals surface area contributed by atoms with E-state index in [1.165, 1.54) is 16.6 Å². The maximum Gasteiger partial charge on any atom is 0.131 e. The van der Waals surface area contributed by atoms with Gasteiger partial charge in [-0.3, -0.25) is 9.88 Å². The van der Waals surface area contributed by atoms with Crippen molar-refractivity contribution in [3.63, 3.8) is 0 Å². The standard InChI is InChI=1S/C25H25N5/c1-2-13-27-24(7-1)29-25-8-3-6-23(28-25)20-11-15-30(16-12-20)18-19-9-10-22-21(17-19)5-4-14-26-22/h1-10,13-14,17,20H,11-12,15-16,18H2,(H,27,28,29). The van der Waals surface area contributed by atoms with Crippen LogP contribution in [0.15, 0.2) is 79.1 Å². The summed E-state index contributed by atoms with van der Waals surface area (Å²) in [6.07, 6.45) is 5.90. The van der Waals surface area contributed by atoms with Gasteiger partial charge in [0.1, 0.15) is 11.6 Å². The molecule has 1 N–H and O–H groups in total. The molecule has 4 heterocycles. The van der Waals surface area contributed by atoms with Gasteiger partial charge in [0.25, 0.3) is 0 Å². The average Bonchev–Trinajstić information content (AvgIpc) is 2.80. The van der Waals surface area contributed by atoms with Crippen LogP contribution in [0.25, 0.3) is 10.9 Å². The second-order valence-corrected chi connectivity index (χ2v) is 7.87. The van der Waals surface area contributed by atoms with Crippen LogP contribution in [0.4, 0.5) is 11.6 Å². The van der Waals surface area contributed by atoms with Gasteiger partial charge in [-0.15, -0.1) is 0 Å². The molecule has 0 unspecified atom stereocenters. The van der Waals surface area contributed by atoms with E-state index in [9.17, 15) is 0 Å². The van der Waals surface area contributed by atoms with Gasteiger partial charge in [0, 0.05) is 35.9 Å². The van der Waals surface area contributed by atoms with Gasteiger partial charge in [-0.25, -0.2) is 9.97 Å². The molecule has 5 rings (SSSR count). The third kappa shape index (κ3) is 4.31. The summed E-state index contributed by atoms with van der Waals surface area (Å²) in [6, 6.07) is 22.8. The molecule has 0 atom stereocenters. The normalized spacial score (nSPS) is 15.3. The van der Waals surface area contributed by atoms with Crippen LogP contribution < -0.4 is 5.32 Å². The molecule has 0 bridgehead atoms. The topological polar surface area (TPSA) is 53.9 Å². The summed E-state index contributed by atoms with van der Waals surface area (Å²) in [5.74, 6) is 2.19. The van der Waals surface area contributed by atoms with Crippen LogP contribution in [0, 0.1) is 0 Å². The van der Waals surface area contributed by atoms with E-state index in [0.717, 1.165) is 49.6 Å². The predicted molar refractivity (Wildman–Crippen MR) is 121 cm³/mol. The predicted octanol–water partition coefficient (Wildman–Crippen LogP) is 5.15. The van der Waals surface area contributed by atoms with Crippen molar-refractivity contribution in [2.75, 3.05) is 18.4 Å². The van der Waals surface area contributed by atoms with E-state index in [2.05, 4.69) is 56.6 Å². The molecule has 1 aliphatic rings. The highest BCUT2D eigenvalue weighted by atomic mass is 15.1. The Morgan fingerprint density at radius 3 is 2.57 bits per heavy atom. The first kappa shape index (κ1) is 18.7. The zero-order valence-corrected chi connectivity index (χ0v) is 16.9. The number of nitrogens with zero attached hydrogens (tertiary/aromatic N) is 4. The molecule has 0 radical (unpaired) electrons. The number of nitrogens with one attached hydrogen (secondary N) is 1. The van der Waals surface area contributed by atoms with Gasteiger partial charge in [-0.05, 0) is 74.0 Å². The molecule has 4 aromatic rings. The molecule has 5 nitrogen and oxygen atoms in total. The van der Waals surface area contributed by atoms with E-state index in [4.69, 9.17) is 4.98 Å². The van der Waals surface area contributed by atoms with Crippen molar-refractivity contribution < 1.29 is 0 Å². The monoisotopic (exact) mass is 395 g/mol. The Balaban J connectivity index is 1.21. The van der Waals surface area contributed by atoms with Crippen molar-refractivity contribution in [1.82, 2.24) is 19.9 Å². The van der Waals surface area contributed by atoms with Gasteiger partial charge in [0.15, 0.2) is 0 Å². The summed E-state index contributed by atoms with van der Waals surface area (Å²) in [4.78, 5) is 16.1. The van der Waals surface area contributed by atoms with Crippen LogP contribution in [0.5, 0.6) is 0 Å². The summed E-state index contributed by atoms with van der Waals surface area (Å²) in [7, 11) is 0. The lowest BCUT2D eigenvalue weighted by atomic mass is 9.92. The van der Waals surface area contributed by atoms with Crippen molar-refractivity contribution in [3.05, 3.63) is 90.4 Å². The van der Waals surface area contributed by atoms with Crippen molar-refractivity contribution in [3.8, 4) is 0 Å². The largest absolute Gasteiger partial charge is 0.325 e. The lowest BCUT2D eigenvalue weighted by molar-refractivity contribution is 0.203. The lowest BCUT2D eigenvalue weighted by Crippen LogP contribution is -2.32. The number of pyridine rings is 3. The van der Waals surface area contributed by atoms with Gasteiger partial charge in [-0.2, -0.15) is 0 Å². The molecule has 1 fully saturated rings. The van der Waals surface area contributed by atoms with E-state index >= 15 is 0 Å². The van der Waals surface area contributed by atoms with E-state index in [-0.39, 0.29) is 0 Å². The van der Waals surface area contributed by atoms with Gasteiger partial charge >= 0.3 is 0 Å². The van der Waals surface area contributed by atoms with Crippen LogP contribution in [-0.2, 0) is 6.54 Å². The van der Waals surface area contributed by atoms with Crippen molar-refractivity contribution >= 4 is 22.5 Å². The molecule has 0 saturated carbocycles. The van der Waals surface area contributed by atoms with Gasteiger partial charge in [-0.1, -0.05) is 24.3 Å². The van der Waals surface area contributed by atoms with Gasteiger partial charge in [0.2, 0.25) is 0 Å². The van der Waals surface area contributed by atoms with Crippen LogP contribution in [-0.4, -0.2) is 32.9 Å². The highest BCUT2D eigenvalue weighted by Crippen LogP contribution is 2.29. The first-order valence-electron chi connectivity index (χ1n) is 10.5. The Morgan fingerprint density at radius 2 is 1.70 bits per heavy atom. The molecule has 3 aromatic heterocycles. The number of hydrogen-bond donors (Lipinski definition) is 1. The van der Waals surface area contributed by atoms with E-state index in [1.807, 2.05) is 36.5 Å². The Morgan fingerprint density at radius 1 is 0.833 bits per heavy atom. The number of likely N-dealkylation sites (tertiary alicyclic amines) is 1. The summed E-state index contributed by atoms with van der Waals surface area (Å²) in [5.41, 5.74) is 3.59. The lowest BCUT2D eigenvalue weighted by Gasteiger charge is -2.31. The molecule has 1 aliphatic heterocycles. The van der Waals surface area contributed by atoms with E-state index in [0.29, 0.717) is 5.92 Å².